The number of nitrogens with one attached hydrogen (secondary N) is 1. The summed E-state index contributed by atoms with van der Waals surface area (Å²) in [6, 6.07) is 6.18. The van der Waals surface area contributed by atoms with Crippen molar-refractivity contribution in [3.05, 3.63) is 40.6 Å². The van der Waals surface area contributed by atoms with Crippen molar-refractivity contribution in [3.8, 4) is 17.0 Å². The molecule has 2 rings (SSSR count). The average Bonchev–Trinajstić information content (AvgIpc) is 2.69. The van der Waals surface area contributed by atoms with E-state index in [-0.39, 0.29) is 6.61 Å². The van der Waals surface area contributed by atoms with E-state index in [4.69, 9.17) is 4.74 Å². The van der Waals surface area contributed by atoms with Crippen molar-refractivity contribution < 1.29 is 9.84 Å². The second-order valence-electron chi connectivity index (χ2n) is 4.65. The molecule has 0 unspecified atom stereocenters. The topological polar surface area (TPSA) is 45.2 Å². The summed E-state index contributed by atoms with van der Waals surface area (Å²) in [7, 11) is 1.68. The van der Waals surface area contributed by atoms with E-state index < -0.39 is 0 Å². The zero-order valence-electron chi connectivity index (χ0n) is 11.3. The van der Waals surface area contributed by atoms with Gasteiger partial charge in [0.05, 0.1) is 13.7 Å². The molecule has 18 heavy (non-hydrogen) atoms. The molecule has 1 aromatic carbocycles. The van der Waals surface area contributed by atoms with Gasteiger partial charge in [0.15, 0.2) is 0 Å². The third-order valence-electron chi connectivity index (χ3n) is 3.21. The van der Waals surface area contributed by atoms with Crippen LogP contribution < -0.4 is 4.74 Å². The van der Waals surface area contributed by atoms with Gasteiger partial charge in [-0.1, -0.05) is 6.07 Å². The fraction of sp³-hybridized carbons (Fsp3) is 0.333. The number of aliphatic hydroxyl groups excluding tert-OH is 1. The van der Waals surface area contributed by atoms with Gasteiger partial charge in [0.25, 0.3) is 0 Å². The molecule has 96 valence electrons. The minimum Gasteiger partial charge on any atom is -0.496 e. The fourth-order valence-corrected chi connectivity index (χ4v) is 2.34. The Balaban J connectivity index is 2.61. The van der Waals surface area contributed by atoms with Crippen molar-refractivity contribution in [2.45, 2.75) is 27.4 Å². The Morgan fingerprint density at radius 2 is 1.89 bits per heavy atom. The maximum atomic E-state index is 9.26. The van der Waals surface area contributed by atoms with Gasteiger partial charge in [0, 0.05) is 17.0 Å². The van der Waals surface area contributed by atoms with E-state index >= 15 is 0 Å². The molecule has 0 aliphatic heterocycles. The van der Waals surface area contributed by atoms with Gasteiger partial charge < -0.3 is 14.8 Å². The van der Waals surface area contributed by atoms with E-state index in [2.05, 4.69) is 24.0 Å². The van der Waals surface area contributed by atoms with Gasteiger partial charge in [0.2, 0.25) is 0 Å². The van der Waals surface area contributed by atoms with Crippen molar-refractivity contribution in [1.29, 1.82) is 0 Å². The lowest BCUT2D eigenvalue weighted by atomic mass is 10.0. The smallest absolute Gasteiger partial charge is 0.131 e. The highest BCUT2D eigenvalue weighted by Gasteiger charge is 2.13. The highest BCUT2D eigenvalue weighted by molar-refractivity contribution is 5.71. The van der Waals surface area contributed by atoms with Crippen LogP contribution in [0.3, 0.4) is 0 Å². The Morgan fingerprint density at radius 1 is 1.17 bits per heavy atom. The third-order valence-corrected chi connectivity index (χ3v) is 3.21. The maximum absolute atomic E-state index is 9.26. The summed E-state index contributed by atoms with van der Waals surface area (Å²) in [4.78, 5) is 3.30. The molecule has 3 heteroatoms. The summed E-state index contributed by atoms with van der Waals surface area (Å²) < 4.78 is 5.49. The Morgan fingerprint density at radius 3 is 2.44 bits per heavy atom. The Bertz CT molecular complexity index is 570. The number of aromatic nitrogens is 1. The number of rotatable bonds is 3. The number of hydrogen-bond donors (Lipinski definition) is 2. The molecule has 0 bridgehead atoms. The van der Waals surface area contributed by atoms with Gasteiger partial charge in [-0.25, -0.2) is 0 Å². The highest BCUT2D eigenvalue weighted by Crippen LogP contribution is 2.34. The summed E-state index contributed by atoms with van der Waals surface area (Å²) in [5, 5.41) is 9.26. The molecule has 0 radical (unpaired) electrons. The zero-order valence-corrected chi connectivity index (χ0v) is 11.3. The minimum atomic E-state index is 0.0510. The van der Waals surface area contributed by atoms with Crippen LogP contribution in [0.5, 0.6) is 5.75 Å². The molecule has 0 amide bonds. The number of benzene rings is 1. The number of aromatic amines is 1. The van der Waals surface area contributed by atoms with Crippen LogP contribution in [0, 0.1) is 20.8 Å². The standard InChI is InChI=1S/C15H19NO2/c1-9-5-10(2)15(18-4)13(6-9)14-7-12(8-17)11(3)16-14/h5-7,16-17H,8H2,1-4H3. The van der Waals surface area contributed by atoms with Crippen molar-refractivity contribution >= 4 is 0 Å². The van der Waals surface area contributed by atoms with Crippen LogP contribution in [-0.4, -0.2) is 17.2 Å². The molecule has 3 nitrogen and oxygen atoms in total. The lowest BCUT2D eigenvalue weighted by Crippen LogP contribution is -1.93. The van der Waals surface area contributed by atoms with Crippen LogP contribution in [0.4, 0.5) is 0 Å². The van der Waals surface area contributed by atoms with Crippen LogP contribution in [-0.2, 0) is 6.61 Å². The van der Waals surface area contributed by atoms with Crippen LogP contribution >= 0.6 is 0 Å². The molecule has 2 aromatic rings. The quantitative estimate of drug-likeness (QED) is 0.872. The maximum Gasteiger partial charge on any atom is 0.131 e. The second-order valence-corrected chi connectivity index (χ2v) is 4.65. The first-order valence-corrected chi connectivity index (χ1v) is 6.01. The van der Waals surface area contributed by atoms with Gasteiger partial charge in [-0.3, -0.25) is 0 Å². The molecule has 0 aliphatic rings. The Labute approximate surface area is 107 Å². The number of ether oxygens (including phenoxy) is 1. The third kappa shape index (κ3) is 2.14. The molecule has 0 fully saturated rings. The minimum absolute atomic E-state index is 0.0510. The summed E-state index contributed by atoms with van der Waals surface area (Å²) >= 11 is 0. The van der Waals surface area contributed by atoms with Gasteiger partial charge in [-0.2, -0.15) is 0 Å². The van der Waals surface area contributed by atoms with Crippen molar-refractivity contribution in [1.82, 2.24) is 4.98 Å². The second kappa shape index (κ2) is 4.86. The monoisotopic (exact) mass is 245 g/mol. The van der Waals surface area contributed by atoms with Gasteiger partial charge in [-0.15, -0.1) is 0 Å². The molecule has 0 saturated carbocycles. The molecule has 1 heterocycles. The Hall–Kier alpha value is -1.74. The van der Waals surface area contributed by atoms with Crippen molar-refractivity contribution in [2.75, 3.05) is 7.11 Å². The summed E-state index contributed by atoms with van der Waals surface area (Å²) in [6.07, 6.45) is 0. The molecule has 0 spiro atoms. The lowest BCUT2D eigenvalue weighted by Gasteiger charge is -2.11. The van der Waals surface area contributed by atoms with E-state index in [1.807, 2.05) is 19.9 Å². The Kier molecular flexibility index (Phi) is 3.43. The van der Waals surface area contributed by atoms with Gasteiger partial charge >= 0.3 is 0 Å². The molecule has 0 aliphatic carbocycles. The van der Waals surface area contributed by atoms with Gasteiger partial charge in [-0.05, 0) is 49.6 Å². The first-order valence-electron chi connectivity index (χ1n) is 6.01. The molecule has 1 aromatic heterocycles. The predicted octanol–water partition coefficient (Wildman–Crippen LogP) is 3.11. The molecule has 0 saturated heterocycles. The highest BCUT2D eigenvalue weighted by atomic mass is 16.5. The molecule has 2 N–H and O–H groups in total. The van der Waals surface area contributed by atoms with E-state index in [1.165, 1.54) is 5.56 Å². The number of aliphatic hydroxyl groups is 1. The van der Waals surface area contributed by atoms with Crippen molar-refractivity contribution in [2.24, 2.45) is 0 Å². The van der Waals surface area contributed by atoms with Crippen LogP contribution in [0.15, 0.2) is 18.2 Å². The summed E-state index contributed by atoms with van der Waals surface area (Å²) in [6.45, 7) is 6.12. The zero-order chi connectivity index (χ0) is 13.3. The summed E-state index contributed by atoms with van der Waals surface area (Å²) in [5.41, 5.74) is 6.25. The number of hydrogen-bond acceptors (Lipinski definition) is 2. The predicted molar refractivity (Wildman–Crippen MR) is 72.9 cm³/mol. The van der Waals surface area contributed by atoms with E-state index in [0.717, 1.165) is 33.8 Å². The average molecular weight is 245 g/mol. The van der Waals surface area contributed by atoms with E-state index in [1.54, 1.807) is 7.11 Å². The number of methoxy groups -OCH3 is 1. The molecule has 0 atom stereocenters. The fourth-order valence-electron chi connectivity index (χ4n) is 2.34. The van der Waals surface area contributed by atoms with Crippen LogP contribution in [0.25, 0.3) is 11.3 Å². The molecular formula is C15H19NO2. The van der Waals surface area contributed by atoms with Gasteiger partial charge in [0.1, 0.15) is 5.75 Å². The summed E-state index contributed by atoms with van der Waals surface area (Å²) in [5.74, 6) is 0.881. The van der Waals surface area contributed by atoms with Crippen LogP contribution in [0.2, 0.25) is 0 Å². The van der Waals surface area contributed by atoms with Crippen molar-refractivity contribution in [3.63, 3.8) is 0 Å². The normalized spacial score (nSPS) is 10.7. The number of aryl methyl sites for hydroxylation is 3. The lowest BCUT2D eigenvalue weighted by molar-refractivity contribution is 0.281. The SMILES string of the molecule is COc1c(C)cc(C)cc1-c1cc(CO)c(C)[nH]1. The molecular weight excluding hydrogens is 226 g/mol. The van der Waals surface area contributed by atoms with Crippen LogP contribution in [0.1, 0.15) is 22.4 Å². The number of H-pyrrole nitrogens is 1. The first kappa shape index (κ1) is 12.7. The van der Waals surface area contributed by atoms with E-state index in [0.29, 0.717) is 0 Å². The van der Waals surface area contributed by atoms with E-state index in [9.17, 15) is 5.11 Å². The first-order chi connectivity index (χ1) is 8.56. The largest absolute Gasteiger partial charge is 0.496 e.